The molecule has 0 aromatic carbocycles. The first-order valence-electron chi connectivity index (χ1n) is 8.35. The molecule has 0 aliphatic rings. The second kappa shape index (κ2) is 7.33. The lowest BCUT2D eigenvalue weighted by Crippen LogP contribution is -2.13. The summed E-state index contributed by atoms with van der Waals surface area (Å²) in [4.78, 5) is 12.4. The number of anilines is 1. The third kappa shape index (κ3) is 3.96. The van der Waals surface area contributed by atoms with Gasteiger partial charge in [-0.25, -0.2) is 0 Å². The zero-order chi connectivity index (χ0) is 17.8. The second-order valence-electron chi connectivity index (χ2n) is 6.07. The van der Waals surface area contributed by atoms with E-state index in [9.17, 15) is 4.79 Å². The Morgan fingerprint density at radius 3 is 2.84 bits per heavy atom. The van der Waals surface area contributed by atoms with Gasteiger partial charge in [0.2, 0.25) is 0 Å². The normalized spacial score (nSPS) is 11.0. The maximum absolute atomic E-state index is 12.4. The minimum atomic E-state index is -0.315. The molecule has 0 spiro atoms. The number of unbranched alkanes of at least 4 members (excludes halogenated alkanes) is 1. The van der Waals surface area contributed by atoms with Crippen molar-refractivity contribution < 1.29 is 9.32 Å². The highest BCUT2D eigenvalue weighted by atomic mass is 16.5. The third-order valence-corrected chi connectivity index (χ3v) is 3.95. The molecule has 1 amide bonds. The Kier molecular flexibility index (Phi) is 4.97. The van der Waals surface area contributed by atoms with E-state index in [0.29, 0.717) is 18.0 Å². The number of aromatic nitrogens is 5. The quantitative estimate of drug-likeness (QED) is 0.713. The zero-order valence-electron chi connectivity index (χ0n) is 14.7. The first kappa shape index (κ1) is 16.9. The average molecular weight is 342 g/mol. The number of carbonyl (C=O) groups excluding carboxylic acids is 1. The van der Waals surface area contributed by atoms with Crippen LogP contribution in [0.25, 0.3) is 0 Å². The molecule has 0 unspecified atom stereocenters. The summed E-state index contributed by atoms with van der Waals surface area (Å²) in [7, 11) is 0. The molecule has 8 nitrogen and oxygen atoms in total. The number of hydrogen-bond donors (Lipinski definition) is 1. The summed E-state index contributed by atoms with van der Waals surface area (Å²) < 4.78 is 8.86. The number of aryl methyl sites for hydroxylation is 2. The van der Waals surface area contributed by atoms with E-state index in [2.05, 4.69) is 27.6 Å². The third-order valence-electron chi connectivity index (χ3n) is 3.95. The Hall–Kier alpha value is -2.90. The van der Waals surface area contributed by atoms with Gasteiger partial charge in [-0.05, 0) is 25.8 Å². The SMILES string of the molecule is CCCCn1ncc(NC(=O)c2cc(Cn3cc(C)cn3)on2)c1C. The Bertz CT molecular complexity index is 860. The van der Waals surface area contributed by atoms with Crippen LogP contribution in [0.5, 0.6) is 0 Å². The van der Waals surface area contributed by atoms with Gasteiger partial charge in [0, 0.05) is 18.8 Å². The Morgan fingerprint density at radius 1 is 1.28 bits per heavy atom. The monoisotopic (exact) mass is 342 g/mol. The maximum atomic E-state index is 12.4. The van der Waals surface area contributed by atoms with E-state index in [0.717, 1.165) is 30.6 Å². The zero-order valence-corrected chi connectivity index (χ0v) is 14.7. The van der Waals surface area contributed by atoms with Crippen LogP contribution < -0.4 is 5.32 Å². The van der Waals surface area contributed by atoms with Gasteiger partial charge in [-0.3, -0.25) is 14.2 Å². The molecule has 1 N–H and O–H groups in total. The molecule has 3 aromatic rings. The van der Waals surface area contributed by atoms with E-state index in [4.69, 9.17) is 4.52 Å². The summed E-state index contributed by atoms with van der Waals surface area (Å²) in [6, 6.07) is 1.63. The van der Waals surface area contributed by atoms with Gasteiger partial charge in [-0.1, -0.05) is 18.5 Å². The van der Waals surface area contributed by atoms with E-state index in [-0.39, 0.29) is 11.6 Å². The average Bonchev–Trinajstić information content (AvgIpc) is 3.29. The fraction of sp³-hybridized carbons (Fsp3) is 0.412. The standard InChI is InChI=1S/C17H22N6O2/c1-4-5-6-23-13(3)16(9-19-23)20-17(24)15-7-14(25-21-15)11-22-10-12(2)8-18-22/h7-10H,4-6,11H2,1-3H3,(H,20,24). The van der Waals surface area contributed by atoms with Crippen LogP contribution in [0, 0.1) is 13.8 Å². The molecule has 0 atom stereocenters. The molecule has 0 aliphatic carbocycles. The number of nitrogens with zero attached hydrogens (tertiary/aromatic N) is 5. The maximum Gasteiger partial charge on any atom is 0.277 e. The van der Waals surface area contributed by atoms with Gasteiger partial charge >= 0.3 is 0 Å². The van der Waals surface area contributed by atoms with Crippen molar-refractivity contribution in [2.45, 2.75) is 46.7 Å². The minimum Gasteiger partial charge on any atom is -0.359 e. The van der Waals surface area contributed by atoms with Crippen LogP contribution in [0.2, 0.25) is 0 Å². The predicted octanol–water partition coefficient (Wildman–Crippen LogP) is 2.79. The molecule has 0 saturated carbocycles. The van der Waals surface area contributed by atoms with Gasteiger partial charge in [-0.15, -0.1) is 0 Å². The molecule has 25 heavy (non-hydrogen) atoms. The summed E-state index contributed by atoms with van der Waals surface area (Å²) in [5, 5.41) is 15.2. The Balaban J connectivity index is 1.65. The van der Waals surface area contributed by atoms with Gasteiger partial charge in [0.05, 0.1) is 23.8 Å². The van der Waals surface area contributed by atoms with E-state index in [1.807, 2.05) is 24.7 Å². The molecule has 0 fully saturated rings. The van der Waals surface area contributed by atoms with Crippen molar-refractivity contribution in [2.24, 2.45) is 0 Å². The van der Waals surface area contributed by atoms with E-state index in [1.54, 1.807) is 23.1 Å². The van der Waals surface area contributed by atoms with Crippen molar-refractivity contribution in [2.75, 3.05) is 5.32 Å². The molecule has 3 aromatic heterocycles. The summed E-state index contributed by atoms with van der Waals surface area (Å²) in [6.07, 6.45) is 7.48. The smallest absolute Gasteiger partial charge is 0.277 e. The largest absolute Gasteiger partial charge is 0.359 e. The molecule has 0 aliphatic heterocycles. The molecule has 3 heterocycles. The van der Waals surface area contributed by atoms with Crippen LogP contribution in [0.4, 0.5) is 5.69 Å². The number of carbonyl (C=O) groups is 1. The number of amides is 1. The van der Waals surface area contributed by atoms with Crippen molar-refractivity contribution in [3.63, 3.8) is 0 Å². The predicted molar refractivity (Wildman–Crippen MR) is 92.4 cm³/mol. The van der Waals surface area contributed by atoms with E-state index >= 15 is 0 Å². The number of hydrogen-bond acceptors (Lipinski definition) is 5. The first-order chi connectivity index (χ1) is 12.1. The minimum absolute atomic E-state index is 0.236. The first-order valence-corrected chi connectivity index (χ1v) is 8.35. The molecule has 0 saturated heterocycles. The lowest BCUT2D eigenvalue weighted by Gasteiger charge is -2.05. The van der Waals surface area contributed by atoms with Crippen molar-refractivity contribution in [3.05, 3.63) is 47.4 Å². The molecular formula is C17H22N6O2. The van der Waals surface area contributed by atoms with Gasteiger partial charge in [-0.2, -0.15) is 10.2 Å². The highest BCUT2D eigenvalue weighted by Crippen LogP contribution is 2.16. The summed E-state index contributed by atoms with van der Waals surface area (Å²) in [5.74, 6) is 0.258. The molecule has 3 rings (SSSR count). The summed E-state index contributed by atoms with van der Waals surface area (Å²) in [5.41, 5.74) is 2.92. The molecular weight excluding hydrogens is 320 g/mol. The van der Waals surface area contributed by atoms with Crippen LogP contribution in [0.1, 0.15) is 47.3 Å². The highest BCUT2D eigenvalue weighted by Gasteiger charge is 2.16. The van der Waals surface area contributed by atoms with Crippen LogP contribution >= 0.6 is 0 Å². The Labute approximate surface area is 145 Å². The fourth-order valence-electron chi connectivity index (χ4n) is 2.50. The summed E-state index contributed by atoms with van der Waals surface area (Å²) in [6.45, 7) is 7.31. The number of nitrogens with one attached hydrogen (secondary N) is 1. The lowest BCUT2D eigenvalue weighted by molar-refractivity contribution is 0.101. The van der Waals surface area contributed by atoms with Crippen LogP contribution in [-0.4, -0.2) is 30.6 Å². The van der Waals surface area contributed by atoms with Crippen molar-refractivity contribution in [1.82, 2.24) is 24.7 Å². The lowest BCUT2D eigenvalue weighted by atomic mass is 10.3. The topological polar surface area (TPSA) is 90.8 Å². The molecule has 0 radical (unpaired) electrons. The highest BCUT2D eigenvalue weighted by molar-refractivity contribution is 6.03. The van der Waals surface area contributed by atoms with Crippen molar-refractivity contribution >= 4 is 11.6 Å². The molecule has 8 heteroatoms. The Morgan fingerprint density at radius 2 is 2.12 bits per heavy atom. The van der Waals surface area contributed by atoms with Crippen LogP contribution in [0.15, 0.2) is 29.2 Å². The van der Waals surface area contributed by atoms with Gasteiger partial charge in [0.1, 0.15) is 6.54 Å². The molecule has 0 bridgehead atoms. The summed E-state index contributed by atoms with van der Waals surface area (Å²) >= 11 is 0. The second-order valence-corrected chi connectivity index (χ2v) is 6.07. The molecule has 132 valence electrons. The van der Waals surface area contributed by atoms with E-state index < -0.39 is 0 Å². The van der Waals surface area contributed by atoms with Crippen LogP contribution in [0.3, 0.4) is 0 Å². The fourth-order valence-corrected chi connectivity index (χ4v) is 2.50. The van der Waals surface area contributed by atoms with Crippen molar-refractivity contribution in [1.29, 1.82) is 0 Å². The van der Waals surface area contributed by atoms with Crippen molar-refractivity contribution in [3.8, 4) is 0 Å². The number of rotatable bonds is 7. The van der Waals surface area contributed by atoms with Gasteiger partial charge in [0.15, 0.2) is 11.5 Å². The van der Waals surface area contributed by atoms with Crippen LogP contribution in [-0.2, 0) is 13.1 Å². The van der Waals surface area contributed by atoms with E-state index in [1.165, 1.54) is 0 Å². The van der Waals surface area contributed by atoms with Gasteiger partial charge in [0.25, 0.3) is 5.91 Å². The van der Waals surface area contributed by atoms with Gasteiger partial charge < -0.3 is 9.84 Å².